The second-order valence-electron chi connectivity index (χ2n) is 8.80. The van der Waals surface area contributed by atoms with Crippen molar-refractivity contribution >= 4 is 27.7 Å². The molecular formula is C28H30BrFN2O2. The average molecular weight is 525 g/mol. The number of rotatable bonds is 10. The molecule has 4 nitrogen and oxygen atoms in total. The predicted molar refractivity (Wildman–Crippen MR) is 137 cm³/mol. The maximum Gasteiger partial charge on any atom is 0.243 e. The van der Waals surface area contributed by atoms with E-state index in [4.69, 9.17) is 0 Å². The number of halogens is 2. The number of nitrogens with one attached hydrogen (secondary N) is 1. The quantitative estimate of drug-likeness (QED) is 0.378. The van der Waals surface area contributed by atoms with Crippen LogP contribution >= 0.6 is 15.9 Å². The predicted octanol–water partition coefficient (Wildman–Crippen LogP) is 5.54. The first-order chi connectivity index (χ1) is 16.3. The van der Waals surface area contributed by atoms with Gasteiger partial charge in [0.1, 0.15) is 11.9 Å². The molecule has 178 valence electrons. The van der Waals surface area contributed by atoms with Gasteiger partial charge >= 0.3 is 0 Å². The zero-order valence-electron chi connectivity index (χ0n) is 19.5. The van der Waals surface area contributed by atoms with E-state index in [1.165, 1.54) is 12.1 Å². The summed E-state index contributed by atoms with van der Waals surface area (Å²) in [6.45, 7) is 4.88. The zero-order chi connectivity index (χ0) is 24.5. The third kappa shape index (κ3) is 7.80. The molecule has 1 unspecified atom stereocenters. The van der Waals surface area contributed by atoms with Gasteiger partial charge in [-0.3, -0.25) is 9.59 Å². The van der Waals surface area contributed by atoms with Crippen LogP contribution in [0.15, 0.2) is 83.3 Å². The van der Waals surface area contributed by atoms with Crippen molar-refractivity contribution in [3.63, 3.8) is 0 Å². The van der Waals surface area contributed by atoms with Crippen molar-refractivity contribution in [1.82, 2.24) is 10.2 Å². The lowest BCUT2D eigenvalue weighted by Gasteiger charge is -2.32. The number of amides is 2. The van der Waals surface area contributed by atoms with E-state index >= 15 is 0 Å². The molecule has 0 saturated carbocycles. The molecule has 3 aromatic carbocycles. The van der Waals surface area contributed by atoms with Crippen LogP contribution in [-0.2, 0) is 29.0 Å². The van der Waals surface area contributed by atoms with Gasteiger partial charge in [0.2, 0.25) is 11.8 Å². The van der Waals surface area contributed by atoms with Crippen molar-refractivity contribution in [2.24, 2.45) is 5.92 Å². The summed E-state index contributed by atoms with van der Waals surface area (Å²) in [5.41, 5.74) is 2.59. The Morgan fingerprint density at radius 2 is 1.59 bits per heavy atom. The molecule has 3 rings (SSSR count). The fraction of sp³-hybridized carbons (Fsp3) is 0.286. The van der Waals surface area contributed by atoms with E-state index in [1.54, 1.807) is 17.0 Å². The van der Waals surface area contributed by atoms with E-state index in [0.717, 1.165) is 15.6 Å². The molecule has 0 aliphatic heterocycles. The monoisotopic (exact) mass is 524 g/mol. The molecule has 0 aromatic heterocycles. The number of carbonyl (C=O) groups is 2. The summed E-state index contributed by atoms with van der Waals surface area (Å²) in [5, 5.41) is 3.01. The maximum absolute atomic E-state index is 13.6. The lowest BCUT2D eigenvalue weighted by Crippen LogP contribution is -2.51. The Bertz CT molecular complexity index is 1090. The fourth-order valence-electron chi connectivity index (χ4n) is 3.69. The van der Waals surface area contributed by atoms with Gasteiger partial charge < -0.3 is 10.2 Å². The Labute approximate surface area is 209 Å². The van der Waals surface area contributed by atoms with Crippen LogP contribution in [0.25, 0.3) is 0 Å². The van der Waals surface area contributed by atoms with E-state index in [-0.39, 0.29) is 36.5 Å². The Morgan fingerprint density at radius 3 is 2.24 bits per heavy atom. The molecule has 2 amide bonds. The van der Waals surface area contributed by atoms with E-state index in [1.807, 2.05) is 68.4 Å². The lowest BCUT2D eigenvalue weighted by atomic mass is 10.0. The molecule has 1 atom stereocenters. The van der Waals surface area contributed by atoms with Crippen LogP contribution in [0, 0.1) is 11.7 Å². The van der Waals surface area contributed by atoms with Crippen LogP contribution < -0.4 is 5.32 Å². The molecule has 0 bridgehead atoms. The molecule has 0 heterocycles. The van der Waals surface area contributed by atoms with Gasteiger partial charge in [0, 0.05) is 24.0 Å². The summed E-state index contributed by atoms with van der Waals surface area (Å²) in [5.74, 6) is -0.431. The highest BCUT2D eigenvalue weighted by molar-refractivity contribution is 9.10. The minimum atomic E-state index is -0.687. The molecule has 1 N–H and O–H groups in total. The van der Waals surface area contributed by atoms with Crippen LogP contribution in [0.5, 0.6) is 0 Å². The van der Waals surface area contributed by atoms with Gasteiger partial charge in [0.25, 0.3) is 0 Å². The van der Waals surface area contributed by atoms with E-state index in [9.17, 15) is 14.0 Å². The zero-order valence-corrected chi connectivity index (χ0v) is 21.1. The van der Waals surface area contributed by atoms with E-state index < -0.39 is 6.04 Å². The second-order valence-corrected chi connectivity index (χ2v) is 9.71. The first-order valence-corrected chi connectivity index (χ1v) is 12.2. The molecule has 34 heavy (non-hydrogen) atoms. The first-order valence-electron chi connectivity index (χ1n) is 11.4. The number of hydrogen-bond donors (Lipinski definition) is 1. The molecule has 0 spiro atoms. The number of benzene rings is 3. The Kier molecular flexibility index (Phi) is 9.40. The normalized spacial score (nSPS) is 11.8. The maximum atomic E-state index is 13.6. The average Bonchev–Trinajstić information content (AvgIpc) is 2.82. The van der Waals surface area contributed by atoms with Crippen LogP contribution in [0.2, 0.25) is 0 Å². The van der Waals surface area contributed by atoms with E-state index in [0.29, 0.717) is 18.5 Å². The topological polar surface area (TPSA) is 49.4 Å². The molecule has 0 fully saturated rings. The van der Waals surface area contributed by atoms with Crippen molar-refractivity contribution in [3.05, 3.63) is 106 Å². The smallest absolute Gasteiger partial charge is 0.243 e. The molecular weight excluding hydrogens is 495 g/mol. The highest BCUT2D eigenvalue weighted by Crippen LogP contribution is 2.19. The largest absolute Gasteiger partial charge is 0.354 e. The van der Waals surface area contributed by atoms with Crippen molar-refractivity contribution in [1.29, 1.82) is 0 Å². The summed E-state index contributed by atoms with van der Waals surface area (Å²) >= 11 is 3.49. The van der Waals surface area contributed by atoms with Gasteiger partial charge in [-0.25, -0.2) is 4.39 Å². The van der Waals surface area contributed by atoms with Gasteiger partial charge in [-0.1, -0.05) is 84.4 Å². The third-order valence-corrected chi connectivity index (χ3v) is 5.96. The molecule has 0 saturated heterocycles. The Balaban J connectivity index is 1.94. The summed E-state index contributed by atoms with van der Waals surface area (Å²) in [7, 11) is 0. The van der Waals surface area contributed by atoms with Crippen LogP contribution in [0.4, 0.5) is 4.39 Å². The Morgan fingerprint density at radius 1 is 0.912 bits per heavy atom. The minimum Gasteiger partial charge on any atom is -0.354 e. The van der Waals surface area contributed by atoms with Crippen molar-refractivity contribution in [2.75, 3.05) is 6.54 Å². The van der Waals surface area contributed by atoms with Gasteiger partial charge in [0.15, 0.2) is 0 Å². The Hall–Kier alpha value is -2.99. The highest BCUT2D eigenvalue weighted by Gasteiger charge is 2.30. The highest BCUT2D eigenvalue weighted by atomic mass is 79.9. The summed E-state index contributed by atoms with van der Waals surface area (Å²) < 4.78 is 14.3. The molecule has 3 aromatic rings. The molecule has 6 heteroatoms. The summed E-state index contributed by atoms with van der Waals surface area (Å²) in [6.07, 6.45) is 0.477. The molecule has 0 aliphatic rings. The number of nitrogens with zero attached hydrogens (tertiary/aromatic N) is 1. The summed E-state index contributed by atoms with van der Waals surface area (Å²) in [6, 6.07) is 22.6. The van der Waals surface area contributed by atoms with Crippen molar-refractivity contribution in [2.45, 2.75) is 39.3 Å². The fourth-order valence-corrected chi connectivity index (χ4v) is 4.13. The van der Waals surface area contributed by atoms with Crippen molar-refractivity contribution < 1.29 is 14.0 Å². The van der Waals surface area contributed by atoms with Crippen molar-refractivity contribution in [3.8, 4) is 0 Å². The minimum absolute atomic E-state index is 0.0804. The lowest BCUT2D eigenvalue weighted by molar-refractivity contribution is -0.140. The number of hydrogen-bond acceptors (Lipinski definition) is 2. The second kappa shape index (κ2) is 12.5. The van der Waals surface area contributed by atoms with Crippen LogP contribution in [0.3, 0.4) is 0 Å². The third-order valence-electron chi connectivity index (χ3n) is 5.47. The molecule has 0 aliphatic carbocycles. The number of carbonyl (C=O) groups excluding carboxylic acids is 2. The SMILES string of the molecule is CC(C)CNC(=O)C(Cc1ccccc1)N(Cc1cccc(Br)c1)C(=O)Cc1ccc(F)cc1. The first kappa shape index (κ1) is 25.6. The standard InChI is InChI=1S/C28H30BrFN2O2/c1-20(2)18-31-28(34)26(16-21-7-4-3-5-8-21)32(19-23-9-6-10-24(29)15-23)27(33)17-22-11-13-25(30)14-12-22/h3-15,20,26H,16-19H2,1-2H3,(H,31,34). The summed E-state index contributed by atoms with van der Waals surface area (Å²) in [4.78, 5) is 28.6. The molecule has 0 radical (unpaired) electrons. The van der Waals surface area contributed by atoms with Gasteiger partial charge in [-0.05, 0) is 46.9 Å². The van der Waals surface area contributed by atoms with E-state index in [2.05, 4.69) is 21.2 Å². The van der Waals surface area contributed by atoms with Gasteiger partial charge in [0.05, 0.1) is 6.42 Å². The van der Waals surface area contributed by atoms with Gasteiger partial charge in [-0.2, -0.15) is 0 Å². The van der Waals surface area contributed by atoms with Crippen LogP contribution in [0.1, 0.15) is 30.5 Å². The van der Waals surface area contributed by atoms with Gasteiger partial charge in [-0.15, -0.1) is 0 Å². The van der Waals surface area contributed by atoms with Crippen LogP contribution in [-0.4, -0.2) is 29.3 Å².